The zero-order chi connectivity index (χ0) is 12.3. The maximum absolute atomic E-state index is 11.7. The lowest BCUT2D eigenvalue weighted by Crippen LogP contribution is -2.23. The van der Waals surface area contributed by atoms with Crippen LogP contribution in [0.2, 0.25) is 0 Å². The van der Waals surface area contributed by atoms with Gasteiger partial charge in [0.25, 0.3) is 5.56 Å². The number of anilines is 1. The normalized spacial score (nSPS) is 10.2. The molecule has 0 radical (unpaired) electrons. The molecule has 0 saturated carbocycles. The number of aromatic nitrogens is 3. The molecule has 0 aliphatic rings. The van der Waals surface area contributed by atoms with Gasteiger partial charge in [0.2, 0.25) is 0 Å². The summed E-state index contributed by atoms with van der Waals surface area (Å²) in [4.78, 5) is 16.1. The minimum atomic E-state index is -0.139. The first-order valence-corrected chi connectivity index (χ1v) is 5.36. The van der Waals surface area contributed by atoms with E-state index in [9.17, 15) is 4.79 Å². The van der Waals surface area contributed by atoms with Gasteiger partial charge < -0.3 is 5.32 Å². The molecular weight excluding hydrogens is 216 g/mol. The van der Waals surface area contributed by atoms with E-state index in [4.69, 9.17) is 0 Å². The largest absolute Gasteiger partial charge is 0.387 e. The molecular formula is C12H14N4O. The number of nitrogens with one attached hydrogen (secondary N) is 1. The van der Waals surface area contributed by atoms with Crippen molar-refractivity contribution in [1.29, 1.82) is 0 Å². The van der Waals surface area contributed by atoms with Crippen molar-refractivity contribution in [3.63, 3.8) is 0 Å². The van der Waals surface area contributed by atoms with Gasteiger partial charge in [-0.05, 0) is 19.1 Å². The molecule has 1 N–H and O–H groups in total. The van der Waals surface area contributed by atoms with Gasteiger partial charge in [-0.2, -0.15) is 5.10 Å². The third-order valence-corrected chi connectivity index (χ3v) is 2.42. The molecule has 0 bridgehead atoms. The Balaban J connectivity index is 2.27. The summed E-state index contributed by atoms with van der Waals surface area (Å²) in [6.45, 7) is 2.31. The Morgan fingerprint density at radius 2 is 2.24 bits per heavy atom. The Bertz CT molecular complexity index is 577. The number of rotatable bonds is 3. The Hall–Kier alpha value is -2.17. The first-order chi connectivity index (χ1) is 8.19. The minimum Gasteiger partial charge on any atom is -0.387 e. The van der Waals surface area contributed by atoms with Crippen molar-refractivity contribution in [3.8, 4) is 0 Å². The molecule has 0 saturated heterocycles. The quantitative estimate of drug-likeness (QED) is 0.855. The van der Waals surface area contributed by atoms with E-state index in [0.717, 1.165) is 11.4 Å². The minimum absolute atomic E-state index is 0.139. The van der Waals surface area contributed by atoms with Crippen LogP contribution in [-0.4, -0.2) is 21.8 Å². The molecule has 88 valence electrons. The standard InChI is InChI=1S/C12H14N4O/c1-9-4-3-5-10(15-9)8-16-12(17)6-11(13-2)7-14-16/h3-7,13H,8H2,1-2H3. The van der Waals surface area contributed by atoms with Crippen molar-refractivity contribution >= 4 is 5.69 Å². The van der Waals surface area contributed by atoms with Crippen LogP contribution in [-0.2, 0) is 6.54 Å². The molecule has 2 rings (SSSR count). The highest BCUT2D eigenvalue weighted by Gasteiger charge is 2.01. The van der Waals surface area contributed by atoms with Crippen LogP contribution >= 0.6 is 0 Å². The second-order valence-electron chi connectivity index (χ2n) is 3.76. The molecule has 0 spiro atoms. The fourth-order valence-electron chi connectivity index (χ4n) is 1.53. The van der Waals surface area contributed by atoms with E-state index in [2.05, 4.69) is 15.4 Å². The summed E-state index contributed by atoms with van der Waals surface area (Å²) in [5, 5.41) is 6.95. The molecule has 0 aliphatic carbocycles. The molecule has 0 amide bonds. The fourth-order valence-corrected chi connectivity index (χ4v) is 1.53. The first-order valence-electron chi connectivity index (χ1n) is 5.36. The molecule has 5 nitrogen and oxygen atoms in total. The smallest absolute Gasteiger partial charge is 0.269 e. The highest BCUT2D eigenvalue weighted by atomic mass is 16.1. The highest BCUT2D eigenvalue weighted by molar-refractivity contribution is 5.37. The van der Waals surface area contributed by atoms with Gasteiger partial charge in [0.1, 0.15) is 0 Å². The van der Waals surface area contributed by atoms with Crippen molar-refractivity contribution < 1.29 is 0 Å². The molecule has 0 fully saturated rings. The molecule has 0 aliphatic heterocycles. The van der Waals surface area contributed by atoms with Crippen molar-refractivity contribution in [3.05, 3.63) is 52.2 Å². The third kappa shape index (κ3) is 2.69. The highest BCUT2D eigenvalue weighted by Crippen LogP contribution is 2.01. The van der Waals surface area contributed by atoms with E-state index in [1.54, 1.807) is 13.2 Å². The summed E-state index contributed by atoms with van der Waals surface area (Å²) in [6, 6.07) is 7.24. The van der Waals surface area contributed by atoms with Crippen molar-refractivity contribution in [2.75, 3.05) is 12.4 Å². The molecule has 2 aromatic heterocycles. The molecule has 0 atom stereocenters. The lowest BCUT2D eigenvalue weighted by atomic mass is 10.3. The first kappa shape index (κ1) is 11.3. The van der Waals surface area contributed by atoms with Gasteiger partial charge in [0.05, 0.1) is 24.1 Å². The van der Waals surface area contributed by atoms with E-state index in [1.165, 1.54) is 10.7 Å². The average molecular weight is 230 g/mol. The number of hydrogen-bond acceptors (Lipinski definition) is 4. The van der Waals surface area contributed by atoms with Gasteiger partial charge in [-0.3, -0.25) is 9.78 Å². The molecule has 0 unspecified atom stereocenters. The maximum atomic E-state index is 11.7. The van der Waals surface area contributed by atoms with Crippen molar-refractivity contribution in [2.45, 2.75) is 13.5 Å². The molecule has 0 aromatic carbocycles. The lowest BCUT2D eigenvalue weighted by Gasteiger charge is -2.05. The van der Waals surface area contributed by atoms with Gasteiger partial charge in [-0.15, -0.1) is 0 Å². The Labute approximate surface area is 99.1 Å². The Morgan fingerprint density at radius 1 is 1.41 bits per heavy atom. The van der Waals surface area contributed by atoms with E-state index in [-0.39, 0.29) is 5.56 Å². The summed E-state index contributed by atoms with van der Waals surface area (Å²) >= 11 is 0. The number of hydrogen-bond donors (Lipinski definition) is 1. The van der Waals surface area contributed by atoms with Gasteiger partial charge in [0, 0.05) is 18.8 Å². The lowest BCUT2D eigenvalue weighted by molar-refractivity contribution is 0.627. The van der Waals surface area contributed by atoms with E-state index in [0.29, 0.717) is 12.2 Å². The Kier molecular flexibility index (Phi) is 3.18. The average Bonchev–Trinajstić information content (AvgIpc) is 2.32. The van der Waals surface area contributed by atoms with Gasteiger partial charge in [0.15, 0.2) is 0 Å². The Morgan fingerprint density at radius 3 is 2.88 bits per heavy atom. The van der Waals surface area contributed by atoms with Crippen LogP contribution < -0.4 is 10.9 Å². The number of aryl methyl sites for hydroxylation is 1. The fraction of sp³-hybridized carbons (Fsp3) is 0.250. The topological polar surface area (TPSA) is 59.8 Å². The van der Waals surface area contributed by atoms with Crippen LogP contribution in [0.25, 0.3) is 0 Å². The summed E-state index contributed by atoms with van der Waals surface area (Å²) < 4.78 is 1.39. The summed E-state index contributed by atoms with van der Waals surface area (Å²) in [7, 11) is 1.75. The van der Waals surface area contributed by atoms with Crippen molar-refractivity contribution in [2.24, 2.45) is 0 Å². The van der Waals surface area contributed by atoms with Gasteiger partial charge in [-0.25, -0.2) is 4.68 Å². The van der Waals surface area contributed by atoms with Gasteiger partial charge >= 0.3 is 0 Å². The number of nitrogens with zero attached hydrogens (tertiary/aromatic N) is 3. The second-order valence-corrected chi connectivity index (χ2v) is 3.76. The van der Waals surface area contributed by atoms with Crippen LogP contribution in [0.5, 0.6) is 0 Å². The van der Waals surface area contributed by atoms with Crippen LogP contribution in [0.15, 0.2) is 35.3 Å². The third-order valence-electron chi connectivity index (χ3n) is 2.42. The monoisotopic (exact) mass is 230 g/mol. The van der Waals surface area contributed by atoms with Crippen LogP contribution in [0, 0.1) is 6.92 Å². The van der Waals surface area contributed by atoms with E-state index >= 15 is 0 Å². The van der Waals surface area contributed by atoms with Crippen LogP contribution in [0.1, 0.15) is 11.4 Å². The van der Waals surface area contributed by atoms with E-state index < -0.39 is 0 Å². The SMILES string of the molecule is CNc1cnn(Cc2cccc(C)n2)c(=O)c1. The summed E-state index contributed by atoms with van der Waals surface area (Å²) in [6.07, 6.45) is 1.62. The summed E-state index contributed by atoms with van der Waals surface area (Å²) in [5.74, 6) is 0. The molecule has 2 aromatic rings. The molecule has 17 heavy (non-hydrogen) atoms. The second kappa shape index (κ2) is 4.78. The molecule has 5 heteroatoms. The van der Waals surface area contributed by atoms with Crippen LogP contribution in [0.4, 0.5) is 5.69 Å². The maximum Gasteiger partial charge on any atom is 0.269 e. The predicted octanol–water partition coefficient (Wildman–Crippen LogP) is 1.04. The predicted molar refractivity (Wildman–Crippen MR) is 66.1 cm³/mol. The molecule has 2 heterocycles. The van der Waals surface area contributed by atoms with Gasteiger partial charge in [-0.1, -0.05) is 6.07 Å². The summed E-state index contributed by atoms with van der Waals surface area (Å²) in [5.41, 5.74) is 2.34. The zero-order valence-corrected chi connectivity index (χ0v) is 9.84. The zero-order valence-electron chi connectivity index (χ0n) is 9.84. The van der Waals surface area contributed by atoms with Crippen LogP contribution in [0.3, 0.4) is 0 Å². The van der Waals surface area contributed by atoms with Crippen molar-refractivity contribution in [1.82, 2.24) is 14.8 Å². The number of pyridine rings is 1. The van der Waals surface area contributed by atoms with E-state index in [1.807, 2.05) is 25.1 Å².